The van der Waals surface area contributed by atoms with Gasteiger partial charge >= 0.3 is 0 Å². The fraction of sp³-hybridized carbons (Fsp3) is 0. The third kappa shape index (κ3) is 6.12. The Bertz CT molecular complexity index is 2960. The summed E-state index contributed by atoms with van der Waals surface area (Å²) < 4.78 is 0. The molecule has 10 aromatic carbocycles. The van der Waals surface area contributed by atoms with Crippen LogP contribution in [0.4, 0.5) is 17.1 Å². The summed E-state index contributed by atoms with van der Waals surface area (Å²) in [6.45, 7) is 0. The molecule has 0 amide bonds. The van der Waals surface area contributed by atoms with Crippen LogP contribution in [0.25, 0.3) is 76.8 Å². The Morgan fingerprint density at radius 2 is 0.727 bits per heavy atom. The van der Waals surface area contributed by atoms with Crippen molar-refractivity contribution >= 4 is 49.4 Å². The van der Waals surface area contributed by atoms with Gasteiger partial charge in [0.2, 0.25) is 0 Å². The van der Waals surface area contributed by atoms with Crippen LogP contribution >= 0.6 is 0 Å². The Balaban J connectivity index is 1.08. The van der Waals surface area contributed by atoms with E-state index in [0.717, 1.165) is 17.1 Å². The van der Waals surface area contributed by atoms with E-state index in [2.05, 4.69) is 229 Å². The van der Waals surface area contributed by atoms with Crippen molar-refractivity contribution in [2.24, 2.45) is 0 Å². The molecule has 10 aromatic rings. The quantitative estimate of drug-likeness (QED) is 0.160. The van der Waals surface area contributed by atoms with Crippen molar-refractivity contribution in [1.82, 2.24) is 0 Å². The number of nitrogens with zero attached hydrogens (tertiary/aromatic N) is 1. The first-order valence-electron chi connectivity index (χ1n) is 18.9. The zero-order valence-electron chi connectivity index (χ0n) is 30.3. The van der Waals surface area contributed by atoms with Crippen molar-refractivity contribution in [3.05, 3.63) is 224 Å². The second-order valence-electron chi connectivity index (χ2n) is 14.1. The number of fused-ring (bicyclic) bond motifs is 3. The van der Waals surface area contributed by atoms with E-state index in [4.69, 9.17) is 0 Å². The van der Waals surface area contributed by atoms with Crippen LogP contribution in [-0.4, -0.2) is 0 Å². The van der Waals surface area contributed by atoms with Gasteiger partial charge in [0.05, 0.1) is 5.69 Å². The van der Waals surface area contributed by atoms with Crippen LogP contribution in [0.2, 0.25) is 0 Å². The van der Waals surface area contributed by atoms with Crippen LogP contribution in [0.5, 0.6) is 0 Å². The fourth-order valence-corrected chi connectivity index (χ4v) is 8.10. The molecule has 0 radical (unpaired) electrons. The van der Waals surface area contributed by atoms with Gasteiger partial charge in [-0.1, -0.05) is 188 Å². The molecule has 0 bridgehead atoms. The van der Waals surface area contributed by atoms with Crippen LogP contribution in [0.1, 0.15) is 0 Å². The normalized spacial score (nSPS) is 11.3. The maximum Gasteiger partial charge on any atom is 0.0540 e. The fourth-order valence-electron chi connectivity index (χ4n) is 8.10. The van der Waals surface area contributed by atoms with E-state index >= 15 is 0 Å². The van der Waals surface area contributed by atoms with E-state index in [1.165, 1.54) is 76.8 Å². The molecular weight excluding hydrogens is 663 g/mol. The van der Waals surface area contributed by atoms with Gasteiger partial charge in [0.1, 0.15) is 0 Å². The first-order valence-corrected chi connectivity index (χ1v) is 18.9. The average Bonchev–Trinajstić information content (AvgIpc) is 3.26. The average molecular weight is 700 g/mol. The summed E-state index contributed by atoms with van der Waals surface area (Å²) in [5.41, 5.74) is 13.0. The van der Waals surface area contributed by atoms with Crippen molar-refractivity contribution in [3.8, 4) is 44.5 Å². The second-order valence-corrected chi connectivity index (χ2v) is 14.1. The van der Waals surface area contributed by atoms with Gasteiger partial charge in [-0.2, -0.15) is 0 Å². The van der Waals surface area contributed by atoms with Crippen molar-refractivity contribution in [3.63, 3.8) is 0 Å². The van der Waals surface area contributed by atoms with Gasteiger partial charge in [0, 0.05) is 16.9 Å². The SMILES string of the molecule is c1cc(-c2cccc3ccccc23)cc(N(c2ccc(-c3ccc(-c4ccc5ccccc5c4)cc3)cc2)c2ccccc2-c2cccc3ccccc23)c1. The monoisotopic (exact) mass is 699 g/mol. The van der Waals surface area contributed by atoms with E-state index in [0.29, 0.717) is 0 Å². The van der Waals surface area contributed by atoms with Gasteiger partial charge in [-0.3, -0.25) is 0 Å². The lowest BCUT2D eigenvalue weighted by molar-refractivity contribution is 1.28. The predicted molar refractivity (Wildman–Crippen MR) is 235 cm³/mol. The minimum absolute atomic E-state index is 1.10. The number of anilines is 3. The summed E-state index contributed by atoms with van der Waals surface area (Å²) in [6, 6.07) is 81.5. The van der Waals surface area contributed by atoms with Crippen LogP contribution in [0, 0.1) is 0 Å². The van der Waals surface area contributed by atoms with Gasteiger partial charge in [-0.25, -0.2) is 0 Å². The zero-order valence-corrected chi connectivity index (χ0v) is 30.3. The molecule has 0 aliphatic rings. The Labute approximate surface area is 322 Å². The molecular formula is C54H37N. The molecule has 0 N–H and O–H groups in total. The highest BCUT2D eigenvalue weighted by Crippen LogP contribution is 2.44. The van der Waals surface area contributed by atoms with E-state index in [-0.39, 0.29) is 0 Å². The Morgan fingerprint density at radius 3 is 1.45 bits per heavy atom. The van der Waals surface area contributed by atoms with E-state index < -0.39 is 0 Å². The standard InChI is InChI=1S/C54H37N/c1-2-15-44-36-45(31-30-38(44)12-1)41-28-26-39(27-29-41)40-32-34-47(35-33-40)55(48-19-9-18-46(37-48)51-23-10-16-42-13-3-5-20-49(42)51)54-25-8-7-22-53(54)52-24-11-17-43-14-4-6-21-50(43)52/h1-37H. The first-order chi connectivity index (χ1) is 27.3. The number of rotatable bonds is 7. The molecule has 0 unspecified atom stereocenters. The van der Waals surface area contributed by atoms with Crippen molar-refractivity contribution in [1.29, 1.82) is 0 Å². The lowest BCUT2D eigenvalue weighted by Crippen LogP contribution is -2.11. The lowest BCUT2D eigenvalue weighted by Gasteiger charge is -2.29. The topological polar surface area (TPSA) is 3.24 Å². The van der Waals surface area contributed by atoms with Gasteiger partial charge < -0.3 is 4.90 Å². The molecule has 0 saturated carbocycles. The molecule has 0 fully saturated rings. The molecule has 55 heavy (non-hydrogen) atoms. The number of para-hydroxylation sites is 1. The van der Waals surface area contributed by atoms with E-state index in [9.17, 15) is 0 Å². The molecule has 0 spiro atoms. The lowest BCUT2D eigenvalue weighted by atomic mass is 9.95. The van der Waals surface area contributed by atoms with Gasteiger partial charge in [-0.05, 0) is 108 Å². The smallest absolute Gasteiger partial charge is 0.0540 e. The molecule has 258 valence electrons. The zero-order chi connectivity index (χ0) is 36.6. The molecule has 0 aliphatic carbocycles. The molecule has 10 rings (SSSR count). The highest BCUT2D eigenvalue weighted by atomic mass is 15.1. The summed E-state index contributed by atoms with van der Waals surface area (Å²) in [5.74, 6) is 0. The second kappa shape index (κ2) is 14.0. The summed E-state index contributed by atoms with van der Waals surface area (Å²) in [5, 5.41) is 7.48. The maximum atomic E-state index is 2.42. The van der Waals surface area contributed by atoms with Crippen LogP contribution in [0.15, 0.2) is 224 Å². The van der Waals surface area contributed by atoms with Crippen LogP contribution in [0.3, 0.4) is 0 Å². The summed E-state index contributed by atoms with van der Waals surface area (Å²) in [7, 11) is 0. The molecule has 0 atom stereocenters. The molecule has 0 aliphatic heterocycles. The molecule has 1 heteroatoms. The Hall–Kier alpha value is -7.22. The number of hydrogen-bond acceptors (Lipinski definition) is 1. The Morgan fingerprint density at radius 1 is 0.236 bits per heavy atom. The van der Waals surface area contributed by atoms with Crippen LogP contribution < -0.4 is 4.90 Å². The van der Waals surface area contributed by atoms with Crippen molar-refractivity contribution in [2.45, 2.75) is 0 Å². The predicted octanol–water partition coefficient (Wildman–Crippen LogP) is 15.3. The highest BCUT2D eigenvalue weighted by Gasteiger charge is 2.19. The summed E-state index contributed by atoms with van der Waals surface area (Å²) >= 11 is 0. The largest absolute Gasteiger partial charge is 0.310 e. The van der Waals surface area contributed by atoms with Crippen LogP contribution in [-0.2, 0) is 0 Å². The minimum atomic E-state index is 1.10. The number of hydrogen-bond donors (Lipinski definition) is 0. The van der Waals surface area contributed by atoms with Gasteiger partial charge in [0.25, 0.3) is 0 Å². The van der Waals surface area contributed by atoms with E-state index in [1.807, 2.05) is 0 Å². The first kappa shape index (κ1) is 32.4. The number of benzene rings is 10. The van der Waals surface area contributed by atoms with Crippen molar-refractivity contribution < 1.29 is 0 Å². The van der Waals surface area contributed by atoms with E-state index in [1.54, 1.807) is 0 Å². The van der Waals surface area contributed by atoms with Gasteiger partial charge in [0.15, 0.2) is 0 Å². The summed E-state index contributed by atoms with van der Waals surface area (Å²) in [4.78, 5) is 2.42. The minimum Gasteiger partial charge on any atom is -0.310 e. The van der Waals surface area contributed by atoms with Crippen molar-refractivity contribution in [2.75, 3.05) is 4.90 Å². The highest BCUT2D eigenvalue weighted by molar-refractivity contribution is 6.02. The maximum absolute atomic E-state index is 2.42. The third-order valence-electron chi connectivity index (χ3n) is 10.9. The van der Waals surface area contributed by atoms with Gasteiger partial charge in [-0.15, -0.1) is 0 Å². The summed E-state index contributed by atoms with van der Waals surface area (Å²) in [6.07, 6.45) is 0. The molecule has 0 aromatic heterocycles. The molecule has 0 heterocycles. The Kier molecular flexibility index (Phi) is 8.24. The molecule has 1 nitrogen and oxygen atoms in total. The molecule has 0 saturated heterocycles. The third-order valence-corrected chi connectivity index (χ3v) is 10.9.